The first-order chi connectivity index (χ1) is 12.7. The molecule has 0 saturated carbocycles. The van der Waals surface area contributed by atoms with Crippen LogP contribution in [-0.4, -0.2) is 19.1 Å². The van der Waals surface area contributed by atoms with Crippen LogP contribution in [0.5, 0.6) is 0 Å². The van der Waals surface area contributed by atoms with Gasteiger partial charge >= 0.3 is 0 Å². The van der Waals surface area contributed by atoms with E-state index in [-0.39, 0.29) is 5.65 Å². The molecule has 1 aliphatic heterocycles. The Balaban J connectivity index is 2.07. The van der Waals surface area contributed by atoms with Gasteiger partial charge in [-0.1, -0.05) is 0 Å². The Morgan fingerprint density at radius 3 is 3.24 bits per heavy atom. The molecule has 0 spiro atoms. The molecular formula is C16H14N5+. The summed E-state index contributed by atoms with van der Waals surface area (Å²) in [6, 6.07) is 5.14. The fourth-order valence-electron chi connectivity index (χ4n) is 3.22. The molecule has 0 saturated heterocycles. The molecule has 0 radical (unpaired) electrons. The Morgan fingerprint density at radius 2 is 2.33 bits per heavy atom. The first-order valence-corrected chi connectivity index (χ1v) is 6.57. The van der Waals surface area contributed by atoms with Gasteiger partial charge in [-0.3, -0.25) is 9.55 Å². The topological polar surface area (TPSA) is 39.5 Å². The summed E-state index contributed by atoms with van der Waals surface area (Å²) in [5, 5.41) is 0. The molecule has 0 aromatic carbocycles. The number of imidazole rings is 1. The zero-order valence-corrected chi connectivity index (χ0v) is 10.9. The van der Waals surface area contributed by atoms with Gasteiger partial charge in [-0.15, -0.1) is 0 Å². The van der Waals surface area contributed by atoms with E-state index in [9.17, 15) is 0 Å². The van der Waals surface area contributed by atoms with Crippen LogP contribution in [0.25, 0.3) is 33.6 Å². The third kappa shape index (κ3) is 1.15. The second kappa shape index (κ2) is 3.49. The van der Waals surface area contributed by atoms with Gasteiger partial charge < -0.3 is 0 Å². The van der Waals surface area contributed by atoms with Gasteiger partial charge in [0.1, 0.15) is 11.0 Å². The summed E-state index contributed by atoms with van der Waals surface area (Å²) in [6.45, 7) is -4.70. The smallest absolute Gasteiger partial charge is 0.264 e. The largest absolute Gasteiger partial charge is 0.270 e. The van der Waals surface area contributed by atoms with Crippen molar-refractivity contribution in [3.63, 3.8) is 0 Å². The molecule has 5 rings (SSSR count). The average molecular weight is 282 g/mol. The molecule has 0 fully saturated rings. The monoisotopic (exact) mass is 282 g/mol. The summed E-state index contributed by atoms with van der Waals surface area (Å²) in [5.41, 5.74) is 3.09. The molecule has 0 unspecified atom stereocenters. The van der Waals surface area contributed by atoms with Gasteiger partial charge in [0.25, 0.3) is 5.65 Å². The Labute approximate surface area is 129 Å². The van der Waals surface area contributed by atoms with Crippen molar-refractivity contribution in [1.29, 1.82) is 0 Å². The molecule has 0 aliphatic carbocycles. The molecule has 4 aromatic heterocycles. The minimum absolute atomic E-state index is 0.119. The van der Waals surface area contributed by atoms with Crippen LogP contribution < -0.4 is 4.57 Å². The summed E-state index contributed by atoms with van der Waals surface area (Å²) in [4.78, 5) is 8.50. The molecule has 5 heterocycles. The van der Waals surface area contributed by atoms with Crippen molar-refractivity contribution in [2.75, 3.05) is 0 Å². The lowest BCUT2D eigenvalue weighted by Crippen LogP contribution is -2.31. The van der Waals surface area contributed by atoms with Crippen LogP contribution in [0.3, 0.4) is 0 Å². The van der Waals surface area contributed by atoms with E-state index < -0.39 is 14.0 Å². The number of fused-ring (bicyclic) bond motifs is 7. The highest BCUT2D eigenvalue weighted by Crippen LogP contribution is 2.35. The Bertz CT molecular complexity index is 1230. The molecule has 0 atom stereocenters. The van der Waals surface area contributed by atoms with Crippen molar-refractivity contribution >= 4 is 22.2 Å². The van der Waals surface area contributed by atoms with Gasteiger partial charge in [0.15, 0.2) is 0 Å². The second-order valence-electron chi connectivity index (χ2n) is 5.16. The predicted molar refractivity (Wildman–Crippen MR) is 79.7 cm³/mol. The molecular weight excluding hydrogens is 262 g/mol. The summed E-state index contributed by atoms with van der Waals surface area (Å²) in [7, 11) is 0. The lowest BCUT2D eigenvalue weighted by atomic mass is 10.2. The number of hydrogen-bond acceptors (Lipinski definition) is 2. The van der Waals surface area contributed by atoms with E-state index in [0.717, 1.165) is 14.7 Å². The quantitative estimate of drug-likeness (QED) is 0.406. The van der Waals surface area contributed by atoms with Crippen molar-refractivity contribution < 1.29 is 12.8 Å². The number of aryl methyl sites for hydroxylation is 2. The van der Waals surface area contributed by atoms with E-state index in [1.165, 1.54) is 0 Å². The molecule has 0 bridgehead atoms. The van der Waals surface area contributed by atoms with Crippen LogP contribution in [0.2, 0.25) is 0 Å². The summed E-state index contributed by atoms with van der Waals surface area (Å²) >= 11 is 0. The van der Waals surface area contributed by atoms with Crippen molar-refractivity contribution in [2.45, 2.75) is 6.54 Å². The van der Waals surface area contributed by atoms with Gasteiger partial charge in [0, 0.05) is 24.2 Å². The standard InChI is InChI=1S/C16H14N5/c1-19-12-4-3-6-18-13(12)14-16(19)20(2)15-11-8-17-7-5-10(11)9-21(14)15/h3-8H,9H2,1-2H3/q+1/i1D3,2D3. The third-order valence-corrected chi connectivity index (χ3v) is 4.11. The van der Waals surface area contributed by atoms with Crippen LogP contribution >= 0.6 is 0 Å². The van der Waals surface area contributed by atoms with Gasteiger partial charge in [0.2, 0.25) is 11.3 Å². The highest BCUT2D eigenvalue weighted by Gasteiger charge is 2.34. The Kier molecular flexibility index (Phi) is 1.14. The maximum Gasteiger partial charge on any atom is 0.270 e. The zero-order valence-electron chi connectivity index (χ0n) is 16.9. The Morgan fingerprint density at radius 1 is 1.33 bits per heavy atom. The molecule has 0 N–H and O–H groups in total. The molecule has 1 aliphatic rings. The van der Waals surface area contributed by atoms with E-state index in [0.29, 0.717) is 34.5 Å². The maximum atomic E-state index is 8.10. The van der Waals surface area contributed by atoms with Crippen LogP contribution in [0.4, 0.5) is 0 Å². The number of hydrogen-bond donors (Lipinski definition) is 0. The fraction of sp³-hybridized carbons (Fsp3) is 0.188. The highest BCUT2D eigenvalue weighted by atomic mass is 15.2. The van der Waals surface area contributed by atoms with Crippen LogP contribution in [0, 0.1) is 0 Å². The van der Waals surface area contributed by atoms with Crippen LogP contribution in [-0.2, 0) is 20.5 Å². The van der Waals surface area contributed by atoms with E-state index in [4.69, 9.17) is 8.22 Å². The van der Waals surface area contributed by atoms with Gasteiger partial charge in [-0.05, 0) is 18.2 Å². The fourth-order valence-corrected chi connectivity index (χ4v) is 3.22. The minimum Gasteiger partial charge on any atom is -0.264 e. The molecule has 5 nitrogen and oxygen atoms in total. The van der Waals surface area contributed by atoms with Crippen molar-refractivity contribution in [1.82, 2.24) is 19.1 Å². The van der Waals surface area contributed by atoms with E-state index in [1.807, 2.05) is 10.6 Å². The number of rotatable bonds is 0. The van der Waals surface area contributed by atoms with E-state index in [2.05, 4.69) is 9.97 Å². The molecule has 5 heteroatoms. The summed E-state index contributed by atoms with van der Waals surface area (Å²) in [6.07, 6.45) is 4.85. The first kappa shape index (κ1) is 6.85. The van der Waals surface area contributed by atoms with Crippen molar-refractivity contribution in [3.05, 3.63) is 42.4 Å². The molecule has 4 aromatic rings. The van der Waals surface area contributed by atoms with Crippen LogP contribution in [0.15, 0.2) is 36.8 Å². The number of aromatic nitrogens is 5. The van der Waals surface area contributed by atoms with Gasteiger partial charge in [0.05, 0.1) is 34.3 Å². The van der Waals surface area contributed by atoms with E-state index in [1.54, 1.807) is 30.7 Å². The number of pyridine rings is 2. The summed E-state index contributed by atoms with van der Waals surface area (Å²) in [5.74, 6) is 0.425. The second-order valence-corrected chi connectivity index (χ2v) is 5.16. The molecule has 102 valence electrons. The Hall–Kier alpha value is -2.69. The molecule has 0 amide bonds. The average Bonchev–Trinajstić information content (AvgIpc) is 3.18. The van der Waals surface area contributed by atoms with Crippen LogP contribution in [0.1, 0.15) is 13.8 Å². The third-order valence-electron chi connectivity index (χ3n) is 4.11. The first-order valence-electron chi connectivity index (χ1n) is 9.57. The van der Waals surface area contributed by atoms with E-state index >= 15 is 0 Å². The normalized spacial score (nSPS) is 18.5. The van der Waals surface area contributed by atoms with Gasteiger partial charge in [-0.2, -0.15) is 0 Å². The zero-order chi connectivity index (χ0) is 19.1. The predicted octanol–water partition coefficient (Wildman–Crippen LogP) is 1.78. The maximum absolute atomic E-state index is 8.10. The van der Waals surface area contributed by atoms with Crippen molar-refractivity contribution in [2.24, 2.45) is 14.0 Å². The molecule has 21 heavy (non-hydrogen) atoms. The summed E-state index contributed by atoms with van der Waals surface area (Å²) < 4.78 is 52.4. The highest BCUT2D eigenvalue weighted by molar-refractivity contribution is 6.02. The van der Waals surface area contributed by atoms with Gasteiger partial charge in [-0.25, -0.2) is 14.1 Å². The lowest BCUT2D eigenvalue weighted by Gasteiger charge is -1.98. The minimum atomic E-state index is -2.58. The SMILES string of the molecule is [2H]C([2H])([2H])n1c2cccnc2c2c1[n+](C([2H])([2H])[2H])c1n2Cc2ccncc2-1. The number of nitrogens with zero attached hydrogens (tertiary/aromatic N) is 5. The van der Waals surface area contributed by atoms with Crippen molar-refractivity contribution in [3.8, 4) is 11.4 Å². The lowest BCUT2D eigenvalue weighted by molar-refractivity contribution is -0.636.